The van der Waals surface area contributed by atoms with Crippen molar-refractivity contribution in [2.24, 2.45) is 5.10 Å². The van der Waals surface area contributed by atoms with Crippen molar-refractivity contribution < 1.29 is 14.6 Å². The molecule has 22 heavy (non-hydrogen) atoms. The fourth-order valence-corrected chi connectivity index (χ4v) is 1.94. The van der Waals surface area contributed by atoms with Gasteiger partial charge in [0.15, 0.2) is 11.5 Å². The molecule has 5 heteroatoms. The molecule has 2 N–H and O–H groups in total. The van der Waals surface area contributed by atoms with Crippen LogP contribution in [0.3, 0.4) is 0 Å². The van der Waals surface area contributed by atoms with Crippen molar-refractivity contribution in [1.82, 2.24) is 5.43 Å². The highest BCUT2D eigenvalue weighted by Crippen LogP contribution is 2.26. The van der Waals surface area contributed by atoms with Crippen molar-refractivity contribution in [3.8, 4) is 11.5 Å². The molecular formula is C17H18N2O3. The van der Waals surface area contributed by atoms with Crippen molar-refractivity contribution in [2.45, 2.75) is 13.8 Å². The van der Waals surface area contributed by atoms with Crippen LogP contribution in [0.2, 0.25) is 0 Å². The number of carbonyl (C=O) groups is 1. The number of carbonyl (C=O) groups excluding carboxylic acids is 1. The van der Waals surface area contributed by atoms with Crippen molar-refractivity contribution >= 4 is 12.1 Å². The molecule has 5 nitrogen and oxygen atoms in total. The number of hydrazone groups is 1. The number of nitrogens with zero attached hydrogens (tertiary/aromatic N) is 1. The quantitative estimate of drug-likeness (QED) is 0.658. The maximum atomic E-state index is 12.0. The number of hydrogen-bond acceptors (Lipinski definition) is 4. The second kappa shape index (κ2) is 7.26. The largest absolute Gasteiger partial charge is 0.504 e. The van der Waals surface area contributed by atoms with E-state index in [2.05, 4.69) is 10.5 Å². The van der Waals surface area contributed by atoms with E-state index in [1.165, 1.54) is 12.3 Å². The number of hydrogen-bond donors (Lipinski definition) is 2. The molecule has 0 aliphatic rings. The molecule has 0 heterocycles. The van der Waals surface area contributed by atoms with Crippen molar-refractivity contribution in [2.75, 3.05) is 6.61 Å². The Labute approximate surface area is 129 Å². The first-order valence-electron chi connectivity index (χ1n) is 6.96. The number of ether oxygens (including phenoxy) is 1. The van der Waals surface area contributed by atoms with Crippen LogP contribution in [0.15, 0.2) is 47.6 Å². The van der Waals surface area contributed by atoms with E-state index in [4.69, 9.17) is 4.74 Å². The summed E-state index contributed by atoms with van der Waals surface area (Å²) in [6.07, 6.45) is 1.50. The highest BCUT2D eigenvalue weighted by atomic mass is 16.5. The zero-order chi connectivity index (χ0) is 15.9. The van der Waals surface area contributed by atoms with Gasteiger partial charge in [-0.2, -0.15) is 5.10 Å². The fraction of sp³-hybridized carbons (Fsp3) is 0.176. The molecule has 0 unspecified atom stereocenters. The minimum atomic E-state index is -0.266. The highest BCUT2D eigenvalue weighted by molar-refractivity contribution is 5.96. The van der Waals surface area contributed by atoms with Crippen LogP contribution >= 0.6 is 0 Å². The number of nitrogens with one attached hydrogen (secondary N) is 1. The molecule has 2 aromatic carbocycles. The van der Waals surface area contributed by atoms with Crippen LogP contribution in [-0.4, -0.2) is 23.8 Å². The summed E-state index contributed by atoms with van der Waals surface area (Å²) in [5, 5.41) is 13.5. The highest BCUT2D eigenvalue weighted by Gasteiger charge is 2.06. The predicted octanol–water partition coefficient (Wildman–Crippen LogP) is 2.86. The Morgan fingerprint density at radius 3 is 2.82 bits per heavy atom. The number of rotatable bonds is 5. The minimum absolute atomic E-state index is 0.0722. The Morgan fingerprint density at radius 2 is 2.09 bits per heavy atom. The van der Waals surface area contributed by atoms with Crippen LogP contribution < -0.4 is 10.2 Å². The number of phenols is 1. The van der Waals surface area contributed by atoms with Gasteiger partial charge in [0.25, 0.3) is 5.91 Å². The molecule has 0 saturated heterocycles. The summed E-state index contributed by atoms with van der Waals surface area (Å²) in [4.78, 5) is 12.0. The number of aromatic hydroxyl groups is 1. The number of aryl methyl sites for hydroxylation is 1. The van der Waals surface area contributed by atoms with Gasteiger partial charge in [-0.15, -0.1) is 0 Å². The van der Waals surface area contributed by atoms with Crippen LogP contribution in [0.5, 0.6) is 11.5 Å². The second-order valence-electron chi connectivity index (χ2n) is 4.67. The molecule has 0 atom stereocenters. The molecule has 2 rings (SSSR count). The normalized spacial score (nSPS) is 10.6. The molecule has 0 aliphatic heterocycles. The molecular weight excluding hydrogens is 280 g/mol. The van der Waals surface area contributed by atoms with Gasteiger partial charge in [0.05, 0.1) is 12.8 Å². The van der Waals surface area contributed by atoms with Crippen LogP contribution in [0.1, 0.15) is 28.4 Å². The van der Waals surface area contributed by atoms with Gasteiger partial charge in [-0.3, -0.25) is 4.79 Å². The third-order valence-electron chi connectivity index (χ3n) is 3.05. The van der Waals surface area contributed by atoms with Gasteiger partial charge in [0.2, 0.25) is 0 Å². The van der Waals surface area contributed by atoms with Gasteiger partial charge >= 0.3 is 0 Å². The lowest BCUT2D eigenvalue weighted by Gasteiger charge is -2.06. The van der Waals surface area contributed by atoms with Gasteiger partial charge < -0.3 is 9.84 Å². The first kappa shape index (κ1) is 15.6. The average molecular weight is 298 g/mol. The van der Waals surface area contributed by atoms with E-state index in [1.807, 2.05) is 26.0 Å². The van der Waals surface area contributed by atoms with Crippen LogP contribution in [-0.2, 0) is 0 Å². The standard InChI is InChI=1S/C17H18N2O3/c1-3-22-16-10-13(8-9-15(16)20)11-18-19-17(21)14-7-5-4-6-12(14)2/h4-11,20H,3H2,1-2H3,(H,19,21)/b18-11+. The zero-order valence-electron chi connectivity index (χ0n) is 12.5. The summed E-state index contributed by atoms with van der Waals surface area (Å²) in [6, 6.07) is 12.2. The summed E-state index contributed by atoms with van der Waals surface area (Å²) < 4.78 is 5.29. The summed E-state index contributed by atoms with van der Waals surface area (Å²) >= 11 is 0. The Morgan fingerprint density at radius 1 is 1.32 bits per heavy atom. The number of benzene rings is 2. The number of phenolic OH excluding ortho intramolecular Hbond substituents is 1. The van der Waals surface area contributed by atoms with Crippen LogP contribution in [0, 0.1) is 6.92 Å². The minimum Gasteiger partial charge on any atom is -0.504 e. The smallest absolute Gasteiger partial charge is 0.271 e. The van der Waals surface area contributed by atoms with E-state index < -0.39 is 0 Å². The lowest BCUT2D eigenvalue weighted by Crippen LogP contribution is -2.18. The van der Waals surface area contributed by atoms with Crippen LogP contribution in [0.25, 0.3) is 0 Å². The molecule has 0 saturated carbocycles. The molecule has 0 fully saturated rings. The summed E-state index contributed by atoms with van der Waals surface area (Å²) in [5.74, 6) is 0.192. The van der Waals surface area contributed by atoms with E-state index in [0.29, 0.717) is 23.5 Å². The predicted molar refractivity (Wildman–Crippen MR) is 85.5 cm³/mol. The van der Waals surface area contributed by atoms with E-state index >= 15 is 0 Å². The molecule has 0 aliphatic carbocycles. The molecule has 2 aromatic rings. The van der Waals surface area contributed by atoms with Gasteiger partial charge in [-0.05, 0) is 49.2 Å². The fourth-order valence-electron chi connectivity index (χ4n) is 1.94. The average Bonchev–Trinajstić information content (AvgIpc) is 2.51. The summed E-state index contributed by atoms with van der Waals surface area (Å²) in [5.41, 5.74) is 4.67. The summed E-state index contributed by atoms with van der Waals surface area (Å²) in [7, 11) is 0. The maximum Gasteiger partial charge on any atom is 0.271 e. The molecule has 1 amide bonds. The molecule has 0 spiro atoms. The third kappa shape index (κ3) is 3.85. The van der Waals surface area contributed by atoms with E-state index in [9.17, 15) is 9.90 Å². The second-order valence-corrected chi connectivity index (χ2v) is 4.67. The molecule has 0 aromatic heterocycles. The lowest BCUT2D eigenvalue weighted by molar-refractivity contribution is 0.0954. The number of amides is 1. The van der Waals surface area contributed by atoms with Crippen LogP contribution in [0.4, 0.5) is 0 Å². The van der Waals surface area contributed by atoms with Gasteiger partial charge in [-0.25, -0.2) is 5.43 Å². The topological polar surface area (TPSA) is 70.9 Å². The monoisotopic (exact) mass is 298 g/mol. The molecule has 0 radical (unpaired) electrons. The SMILES string of the molecule is CCOc1cc(/C=N/NC(=O)c2ccccc2C)ccc1O. The van der Waals surface area contributed by atoms with E-state index in [1.54, 1.807) is 24.3 Å². The lowest BCUT2D eigenvalue weighted by atomic mass is 10.1. The zero-order valence-corrected chi connectivity index (χ0v) is 12.5. The third-order valence-corrected chi connectivity index (χ3v) is 3.05. The Hall–Kier alpha value is -2.82. The van der Waals surface area contributed by atoms with E-state index in [-0.39, 0.29) is 11.7 Å². The molecule has 114 valence electrons. The van der Waals surface area contributed by atoms with Crippen molar-refractivity contribution in [3.05, 3.63) is 59.2 Å². The maximum absolute atomic E-state index is 12.0. The van der Waals surface area contributed by atoms with Gasteiger partial charge in [-0.1, -0.05) is 18.2 Å². The van der Waals surface area contributed by atoms with Gasteiger partial charge in [0, 0.05) is 5.56 Å². The first-order valence-corrected chi connectivity index (χ1v) is 6.96. The Balaban J connectivity index is 2.05. The van der Waals surface area contributed by atoms with Crippen molar-refractivity contribution in [3.63, 3.8) is 0 Å². The van der Waals surface area contributed by atoms with Gasteiger partial charge in [0.1, 0.15) is 0 Å². The van der Waals surface area contributed by atoms with E-state index in [0.717, 1.165) is 5.56 Å². The Bertz CT molecular complexity index is 696. The summed E-state index contributed by atoms with van der Waals surface area (Å²) in [6.45, 7) is 4.16. The van der Waals surface area contributed by atoms with Crippen molar-refractivity contribution in [1.29, 1.82) is 0 Å². The molecule has 0 bridgehead atoms. The Kier molecular flexibility index (Phi) is 5.14. The first-order chi connectivity index (χ1) is 10.6.